The zero-order valence-corrected chi connectivity index (χ0v) is 10.4. The van der Waals surface area contributed by atoms with E-state index in [2.05, 4.69) is 74.5 Å². The molecule has 17 heavy (non-hydrogen) atoms. The van der Waals surface area contributed by atoms with Crippen LogP contribution >= 0.6 is 0 Å². The van der Waals surface area contributed by atoms with E-state index in [0.29, 0.717) is 17.3 Å². The Balaban J connectivity index is 1.95. The van der Waals surface area contributed by atoms with E-state index in [0.717, 1.165) is 0 Å². The molecule has 0 heterocycles. The smallest absolute Gasteiger partial charge is 0.00304 e. The molecule has 0 unspecified atom stereocenters. The predicted octanol–water partition coefficient (Wildman–Crippen LogP) is 4.59. The lowest BCUT2D eigenvalue weighted by Crippen LogP contribution is -1.90. The second-order valence-electron chi connectivity index (χ2n) is 5.60. The van der Waals surface area contributed by atoms with E-state index in [4.69, 9.17) is 0 Å². The Morgan fingerprint density at radius 1 is 0.647 bits per heavy atom. The Bertz CT molecular complexity index is 449. The lowest BCUT2D eigenvalue weighted by Gasteiger charge is -2.01. The number of rotatable bonds is 2. The third-order valence-corrected chi connectivity index (χ3v) is 4.14. The fraction of sp³-hybridized carbons (Fsp3) is 0.294. The summed E-state index contributed by atoms with van der Waals surface area (Å²) in [7, 11) is 0. The van der Waals surface area contributed by atoms with Gasteiger partial charge in [-0.1, -0.05) is 74.5 Å². The van der Waals surface area contributed by atoms with E-state index in [1.54, 1.807) is 0 Å². The quantitative estimate of drug-likeness (QED) is 0.697. The molecular formula is C17H18. The van der Waals surface area contributed by atoms with Crippen molar-refractivity contribution in [1.82, 2.24) is 0 Å². The van der Waals surface area contributed by atoms with Crippen molar-refractivity contribution in [2.45, 2.75) is 25.7 Å². The maximum Gasteiger partial charge on any atom is -0.00304 e. The van der Waals surface area contributed by atoms with Crippen LogP contribution in [0.5, 0.6) is 0 Å². The summed E-state index contributed by atoms with van der Waals surface area (Å²) < 4.78 is 0. The highest BCUT2D eigenvalue weighted by molar-refractivity contribution is 5.42. The first-order valence-electron chi connectivity index (χ1n) is 6.31. The molecule has 0 saturated heterocycles. The minimum Gasteiger partial charge on any atom is -0.0622 e. The maximum absolute atomic E-state index is 2.38. The predicted molar refractivity (Wildman–Crippen MR) is 72.1 cm³/mol. The summed E-state index contributed by atoms with van der Waals surface area (Å²) in [6, 6.07) is 21.8. The topological polar surface area (TPSA) is 0 Å². The van der Waals surface area contributed by atoms with Gasteiger partial charge in [-0.15, -0.1) is 0 Å². The Kier molecular flexibility index (Phi) is 2.32. The van der Waals surface area contributed by atoms with Crippen molar-refractivity contribution >= 4 is 0 Å². The van der Waals surface area contributed by atoms with Crippen LogP contribution in [0, 0.1) is 5.41 Å². The molecule has 0 amide bonds. The van der Waals surface area contributed by atoms with Crippen LogP contribution in [0.1, 0.15) is 36.8 Å². The van der Waals surface area contributed by atoms with Gasteiger partial charge in [0.25, 0.3) is 0 Å². The lowest BCUT2D eigenvalue weighted by atomic mass is 10.0. The monoisotopic (exact) mass is 222 g/mol. The van der Waals surface area contributed by atoms with Gasteiger partial charge in [0.1, 0.15) is 0 Å². The van der Waals surface area contributed by atoms with Crippen LogP contribution in [0.25, 0.3) is 0 Å². The van der Waals surface area contributed by atoms with Gasteiger partial charge in [-0.25, -0.2) is 0 Å². The van der Waals surface area contributed by atoms with Crippen molar-refractivity contribution in [2.75, 3.05) is 0 Å². The SMILES string of the molecule is CC1(C)[C@H](c2ccccc2)[C@H]1c1ccccc1. The molecule has 2 atom stereocenters. The molecule has 0 heteroatoms. The fourth-order valence-corrected chi connectivity index (χ4v) is 3.20. The van der Waals surface area contributed by atoms with E-state index >= 15 is 0 Å². The first-order chi connectivity index (χ1) is 8.21. The highest BCUT2D eigenvalue weighted by Gasteiger charge is 2.58. The summed E-state index contributed by atoms with van der Waals surface area (Å²) in [6.07, 6.45) is 0. The van der Waals surface area contributed by atoms with Crippen molar-refractivity contribution in [3.8, 4) is 0 Å². The van der Waals surface area contributed by atoms with Crippen LogP contribution < -0.4 is 0 Å². The van der Waals surface area contributed by atoms with Crippen LogP contribution in [-0.4, -0.2) is 0 Å². The average molecular weight is 222 g/mol. The highest BCUT2D eigenvalue weighted by Crippen LogP contribution is 2.69. The van der Waals surface area contributed by atoms with Gasteiger partial charge in [0, 0.05) is 0 Å². The molecular weight excluding hydrogens is 204 g/mol. The average Bonchev–Trinajstić information content (AvgIpc) is 2.94. The normalized spacial score (nSPS) is 25.5. The van der Waals surface area contributed by atoms with Gasteiger partial charge in [-0.2, -0.15) is 0 Å². The molecule has 0 bridgehead atoms. The molecule has 3 rings (SSSR count). The first-order valence-corrected chi connectivity index (χ1v) is 6.31. The molecule has 2 aromatic carbocycles. The molecule has 86 valence electrons. The molecule has 2 aromatic rings. The van der Waals surface area contributed by atoms with Gasteiger partial charge < -0.3 is 0 Å². The van der Waals surface area contributed by atoms with E-state index in [1.807, 2.05) is 0 Å². The van der Waals surface area contributed by atoms with Crippen molar-refractivity contribution < 1.29 is 0 Å². The molecule has 1 fully saturated rings. The Hall–Kier alpha value is -1.56. The standard InChI is InChI=1S/C17H18/c1-17(2)15(13-9-5-3-6-10-13)16(17)14-11-7-4-8-12-14/h3-12,15-16H,1-2H3/t15-,16-/m1/s1. The number of hydrogen-bond donors (Lipinski definition) is 0. The molecule has 1 saturated carbocycles. The Morgan fingerprint density at radius 2 is 1.00 bits per heavy atom. The van der Waals surface area contributed by atoms with E-state index < -0.39 is 0 Å². The molecule has 1 aliphatic carbocycles. The van der Waals surface area contributed by atoms with E-state index in [9.17, 15) is 0 Å². The second-order valence-corrected chi connectivity index (χ2v) is 5.60. The third kappa shape index (κ3) is 1.68. The second kappa shape index (κ2) is 3.73. The molecule has 0 radical (unpaired) electrons. The molecule has 0 aliphatic heterocycles. The summed E-state index contributed by atoms with van der Waals surface area (Å²) in [6.45, 7) is 4.75. The summed E-state index contributed by atoms with van der Waals surface area (Å²) in [5.74, 6) is 1.34. The fourth-order valence-electron chi connectivity index (χ4n) is 3.20. The van der Waals surface area contributed by atoms with Gasteiger partial charge in [0.2, 0.25) is 0 Å². The molecule has 0 nitrogen and oxygen atoms in total. The molecule has 0 N–H and O–H groups in total. The van der Waals surface area contributed by atoms with Gasteiger partial charge in [-0.05, 0) is 28.4 Å². The van der Waals surface area contributed by atoms with Crippen LogP contribution in [0.4, 0.5) is 0 Å². The zero-order valence-electron chi connectivity index (χ0n) is 10.4. The summed E-state index contributed by atoms with van der Waals surface area (Å²) in [5.41, 5.74) is 3.35. The maximum atomic E-state index is 2.38. The van der Waals surface area contributed by atoms with Crippen LogP contribution in [-0.2, 0) is 0 Å². The summed E-state index contributed by atoms with van der Waals surface area (Å²) in [5, 5.41) is 0. The van der Waals surface area contributed by atoms with E-state index in [1.165, 1.54) is 11.1 Å². The van der Waals surface area contributed by atoms with Gasteiger partial charge >= 0.3 is 0 Å². The highest BCUT2D eigenvalue weighted by atomic mass is 14.6. The molecule has 0 spiro atoms. The van der Waals surface area contributed by atoms with Crippen LogP contribution in [0.15, 0.2) is 60.7 Å². The van der Waals surface area contributed by atoms with Crippen molar-refractivity contribution in [1.29, 1.82) is 0 Å². The number of benzene rings is 2. The third-order valence-electron chi connectivity index (χ3n) is 4.14. The Morgan fingerprint density at radius 3 is 1.35 bits per heavy atom. The van der Waals surface area contributed by atoms with Gasteiger partial charge in [-0.3, -0.25) is 0 Å². The van der Waals surface area contributed by atoms with Crippen molar-refractivity contribution in [3.05, 3.63) is 71.8 Å². The van der Waals surface area contributed by atoms with Gasteiger partial charge in [0.05, 0.1) is 0 Å². The van der Waals surface area contributed by atoms with Crippen LogP contribution in [0.2, 0.25) is 0 Å². The summed E-state index contributed by atoms with van der Waals surface area (Å²) >= 11 is 0. The molecule has 0 aromatic heterocycles. The number of hydrogen-bond acceptors (Lipinski definition) is 0. The lowest BCUT2D eigenvalue weighted by molar-refractivity contribution is 0.601. The Labute approximate surface area is 103 Å². The minimum atomic E-state index is 0.392. The van der Waals surface area contributed by atoms with E-state index in [-0.39, 0.29) is 0 Å². The van der Waals surface area contributed by atoms with Crippen molar-refractivity contribution in [2.24, 2.45) is 5.41 Å². The summed E-state index contributed by atoms with van der Waals surface area (Å²) in [4.78, 5) is 0. The largest absolute Gasteiger partial charge is 0.0622 e. The minimum absolute atomic E-state index is 0.392. The van der Waals surface area contributed by atoms with Crippen molar-refractivity contribution in [3.63, 3.8) is 0 Å². The molecule has 1 aliphatic rings. The van der Waals surface area contributed by atoms with Crippen LogP contribution in [0.3, 0.4) is 0 Å². The zero-order chi connectivity index (χ0) is 11.9. The first kappa shape index (κ1) is 10.6. The van der Waals surface area contributed by atoms with Gasteiger partial charge in [0.15, 0.2) is 0 Å².